The zero-order valence-corrected chi connectivity index (χ0v) is 9.93. The van der Waals surface area contributed by atoms with Crippen LogP contribution in [0.1, 0.15) is 8.35 Å². The van der Waals surface area contributed by atoms with Crippen molar-refractivity contribution >= 4 is 21.7 Å². The van der Waals surface area contributed by atoms with Gasteiger partial charge in [0.25, 0.3) is 10.1 Å². The van der Waals surface area contributed by atoms with Crippen LogP contribution in [0.5, 0.6) is 0 Å². The van der Waals surface area contributed by atoms with Crippen LogP contribution in [0.3, 0.4) is 0 Å². The van der Waals surface area contributed by atoms with Crippen LogP contribution < -0.4 is 29.6 Å². The summed E-state index contributed by atoms with van der Waals surface area (Å²) in [5.41, 5.74) is 0. The molecule has 64 valence electrons. The second kappa shape index (κ2) is 5.75. The van der Waals surface area contributed by atoms with Gasteiger partial charge < -0.3 is 6.53 Å². The molecule has 0 aromatic heterocycles. The standard InChI is InChI=1S/C4H9ClO4S.Na.H/c1-3(5)4(6)2-10(7,8)9;;/h3-4,6H,2H2,1H3,(H,7,8,9);;/q;+1;-1. The maximum absolute atomic E-state index is 10.1. The van der Waals surface area contributed by atoms with Gasteiger partial charge in [0.05, 0.1) is 11.5 Å². The molecule has 0 amide bonds. The molecule has 0 heterocycles. The van der Waals surface area contributed by atoms with Gasteiger partial charge in [-0.2, -0.15) is 8.42 Å². The summed E-state index contributed by atoms with van der Waals surface area (Å²) in [5.74, 6) is -0.711. The molecule has 2 atom stereocenters. The third-order valence-electron chi connectivity index (χ3n) is 0.912. The first-order valence-electron chi connectivity index (χ1n) is 2.60. The number of alkyl halides is 1. The molecule has 0 aromatic carbocycles. The molecule has 11 heavy (non-hydrogen) atoms. The average Bonchev–Trinajstić information content (AvgIpc) is 1.60. The summed E-state index contributed by atoms with van der Waals surface area (Å²) < 4.78 is 28.4. The minimum atomic E-state index is -4.10. The molecule has 4 nitrogen and oxygen atoms in total. The van der Waals surface area contributed by atoms with Crippen LogP contribution in [0.2, 0.25) is 0 Å². The van der Waals surface area contributed by atoms with Gasteiger partial charge in [0.2, 0.25) is 0 Å². The molecule has 0 aromatic rings. The molecular formula is C4H10ClNaO4S. The van der Waals surface area contributed by atoms with E-state index in [1.165, 1.54) is 6.92 Å². The van der Waals surface area contributed by atoms with Gasteiger partial charge in [-0.15, -0.1) is 11.6 Å². The summed E-state index contributed by atoms with van der Waals surface area (Å²) in [7, 11) is -4.10. The van der Waals surface area contributed by atoms with Gasteiger partial charge in [-0.25, -0.2) is 0 Å². The first-order chi connectivity index (χ1) is 4.33. The minimum Gasteiger partial charge on any atom is -1.00 e. The fourth-order valence-corrected chi connectivity index (χ4v) is 1.26. The van der Waals surface area contributed by atoms with Crippen LogP contribution in [0.25, 0.3) is 0 Å². The molecule has 2 N–H and O–H groups in total. The van der Waals surface area contributed by atoms with Crippen molar-refractivity contribution in [3.05, 3.63) is 0 Å². The van der Waals surface area contributed by atoms with E-state index in [2.05, 4.69) is 0 Å². The first-order valence-corrected chi connectivity index (χ1v) is 4.65. The zero-order valence-electron chi connectivity index (χ0n) is 7.36. The zero-order chi connectivity index (χ0) is 8.36. The second-order valence-electron chi connectivity index (χ2n) is 1.99. The summed E-state index contributed by atoms with van der Waals surface area (Å²) >= 11 is 5.31. The van der Waals surface area contributed by atoms with E-state index in [1.807, 2.05) is 0 Å². The predicted octanol–water partition coefficient (Wildman–Crippen LogP) is -3.02. The average molecular weight is 213 g/mol. The van der Waals surface area contributed by atoms with Gasteiger partial charge in [-0.1, -0.05) is 0 Å². The van der Waals surface area contributed by atoms with Crippen molar-refractivity contribution in [2.75, 3.05) is 5.75 Å². The van der Waals surface area contributed by atoms with E-state index in [0.29, 0.717) is 0 Å². The van der Waals surface area contributed by atoms with E-state index in [-0.39, 0.29) is 31.0 Å². The smallest absolute Gasteiger partial charge is 1.00 e. The van der Waals surface area contributed by atoms with Crippen LogP contribution in [0.4, 0.5) is 0 Å². The molecule has 0 saturated carbocycles. The van der Waals surface area contributed by atoms with Crippen molar-refractivity contribution < 1.29 is 49.1 Å². The normalized spacial score (nSPS) is 16.7. The van der Waals surface area contributed by atoms with Crippen molar-refractivity contribution in [3.63, 3.8) is 0 Å². The topological polar surface area (TPSA) is 74.6 Å². The number of halogens is 1. The van der Waals surface area contributed by atoms with Crippen molar-refractivity contribution in [1.82, 2.24) is 0 Å². The molecule has 0 saturated heterocycles. The first kappa shape index (κ1) is 14.7. The Morgan fingerprint density at radius 1 is 1.64 bits per heavy atom. The summed E-state index contributed by atoms with van der Waals surface area (Å²) in [6.07, 6.45) is -1.21. The summed E-state index contributed by atoms with van der Waals surface area (Å²) in [6.45, 7) is 1.44. The molecule has 0 aliphatic heterocycles. The van der Waals surface area contributed by atoms with Crippen molar-refractivity contribution in [2.24, 2.45) is 0 Å². The number of aliphatic hydroxyl groups is 1. The molecule has 0 fully saturated rings. The Hall–Kier alpha value is 1.16. The van der Waals surface area contributed by atoms with Crippen LogP contribution in [0.15, 0.2) is 0 Å². The van der Waals surface area contributed by atoms with Crippen LogP contribution in [0, 0.1) is 0 Å². The van der Waals surface area contributed by atoms with Gasteiger partial charge in [0.15, 0.2) is 0 Å². The fraction of sp³-hybridized carbons (Fsp3) is 1.00. The maximum Gasteiger partial charge on any atom is 1.00 e. The number of hydrogen-bond acceptors (Lipinski definition) is 3. The third-order valence-corrected chi connectivity index (χ3v) is 1.97. The molecule has 0 aliphatic carbocycles. The van der Waals surface area contributed by atoms with Gasteiger partial charge in [0.1, 0.15) is 5.75 Å². The number of aliphatic hydroxyl groups excluding tert-OH is 1. The second-order valence-corrected chi connectivity index (χ2v) is 4.18. The van der Waals surface area contributed by atoms with E-state index < -0.39 is 27.4 Å². The fourth-order valence-electron chi connectivity index (χ4n) is 0.348. The molecule has 0 rings (SSSR count). The molecule has 0 radical (unpaired) electrons. The van der Waals surface area contributed by atoms with Gasteiger partial charge >= 0.3 is 29.6 Å². The number of rotatable bonds is 3. The molecule has 2 unspecified atom stereocenters. The molecule has 0 bridgehead atoms. The Kier molecular flexibility index (Phi) is 7.66. The summed E-state index contributed by atoms with van der Waals surface area (Å²) in [5, 5.41) is 8.11. The van der Waals surface area contributed by atoms with Crippen LogP contribution >= 0.6 is 11.6 Å². The third kappa shape index (κ3) is 9.07. The maximum atomic E-state index is 10.1. The van der Waals surface area contributed by atoms with E-state index in [9.17, 15) is 8.42 Å². The largest absolute Gasteiger partial charge is 1.00 e. The Balaban J connectivity index is -0.000000405. The van der Waals surface area contributed by atoms with Crippen LogP contribution in [-0.4, -0.2) is 35.3 Å². The molecule has 0 spiro atoms. The van der Waals surface area contributed by atoms with E-state index in [4.69, 9.17) is 21.3 Å². The van der Waals surface area contributed by atoms with E-state index in [0.717, 1.165) is 0 Å². The molecule has 7 heteroatoms. The van der Waals surface area contributed by atoms with Gasteiger partial charge in [-0.05, 0) is 6.92 Å². The molecular weight excluding hydrogens is 203 g/mol. The van der Waals surface area contributed by atoms with Gasteiger partial charge in [-0.3, -0.25) is 4.55 Å². The van der Waals surface area contributed by atoms with Crippen molar-refractivity contribution in [1.29, 1.82) is 0 Å². The van der Waals surface area contributed by atoms with Crippen molar-refractivity contribution in [2.45, 2.75) is 18.4 Å². The number of hydrogen-bond donors (Lipinski definition) is 2. The monoisotopic (exact) mass is 212 g/mol. The van der Waals surface area contributed by atoms with Crippen LogP contribution in [-0.2, 0) is 10.1 Å². The Labute approximate surface area is 94.5 Å². The summed E-state index contributed by atoms with van der Waals surface area (Å²) in [4.78, 5) is 0. The Morgan fingerprint density at radius 2 is 2.00 bits per heavy atom. The molecule has 0 aliphatic rings. The predicted molar refractivity (Wildman–Crippen MR) is 38.8 cm³/mol. The Bertz CT molecular complexity index is 195. The Morgan fingerprint density at radius 3 is 2.09 bits per heavy atom. The minimum absolute atomic E-state index is 0. The SMILES string of the molecule is CC(Cl)C(O)CS(=O)(=O)O.[H-].[Na+]. The van der Waals surface area contributed by atoms with E-state index in [1.54, 1.807) is 0 Å². The summed E-state index contributed by atoms with van der Waals surface area (Å²) in [6, 6.07) is 0. The van der Waals surface area contributed by atoms with Gasteiger partial charge in [0, 0.05) is 0 Å². The quantitative estimate of drug-likeness (QED) is 0.297. The van der Waals surface area contributed by atoms with E-state index >= 15 is 0 Å². The van der Waals surface area contributed by atoms with Crippen molar-refractivity contribution in [3.8, 4) is 0 Å².